The number of hydrogen-bond donors (Lipinski definition) is 0. The second-order valence-electron chi connectivity index (χ2n) is 5.55. The molecule has 108 valence electrons. The van der Waals surface area contributed by atoms with Crippen LogP contribution in [0.3, 0.4) is 0 Å². The summed E-state index contributed by atoms with van der Waals surface area (Å²) >= 11 is 0. The van der Waals surface area contributed by atoms with Crippen LogP contribution in [0.25, 0.3) is 17.2 Å². The Morgan fingerprint density at radius 3 is 3.09 bits per heavy atom. The molecule has 0 fully saturated rings. The molecular formula is C17H17BN3O+. The van der Waals surface area contributed by atoms with Crippen molar-refractivity contribution in [3.05, 3.63) is 53.8 Å². The molecule has 0 amide bonds. The van der Waals surface area contributed by atoms with Crippen molar-refractivity contribution >= 4 is 35.5 Å². The van der Waals surface area contributed by atoms with Crippen LogP contribution in [0, 0.1) is 6.85 Å². The molecule has 0 saturated carbocycles. The lowest BCUT2D eigenvalue weighted by Crippen LogP contribution is -2.60. The van der Waals surface area contributed by atoms with E-state index in [1.54, 1.807) is 18.5 Å². The number of hydrogen-bond acceptors (Lipinski definition) is 3. The molecule has 0 spiro atoms. The molecule has 0 bridgehead atoms. The highest BCUT2D eigenvalue weighted by Crippen LogP contribution is 2.34. The van der Waals surface area contributed by atoms with Crippen LogP contribution in [0.15, 0.2) is 47.1 Å². The SMILES string of the molecule is [2H]C([2H])([2H])c1ccc(B2C=Cc3c(oc4ncccc34)N2C)[n+](C)c1. The number of pyridine rings is 2. The molecule has 1 aliphatic rings. The van der Waals surface area contributed by atoms with Crippen molar-refractivity contribution in [3.63, 3.8) is 0 Å². The number of nitrogens with zero attached hydrogens (tertiary/aromatic N) is 3. The Labute approximate surface area is 134 Å². The average Bonchev–Trinajstić information content (AvgIpc) is 2.95. The highest BCUT2D eigenvalue weighted by molar-refractivity contribution is 6.80. The van der Waals surface area contributed by atoms with Gasteiger partial charge in [-0.25, -0.2) is 9.55 Å². The van der Waals surface area contributed by atoms with Gasteiger partial charge in [0.25, 0.3) is 0 Å². The number of rotatable bonds is 1. The first-order chi connectivity index (χ1) is 11.9. The minimum Gasteiger partial charge on any atom is -0.423 e. The summed E-state index contributed by atoms with van der Waals surface area (Å²) < 4.78 is 30.5. The van der Waals surface area contributed by atoms with Gasteiger partial charge in [0.05, 0.1) is 0 Å². The Morgan fingerprint density at radius 1 is 1.36 bits per heavy atom. The molecule has 0 aliphatic carbocycles. The summed E-state index contributed by atoms with van der Waals surface area (Å²) in [5.74, 6) is 2.86. The highest BCUT2D eigenvalue weighted by Gasteiger charge is 2.34. The van der Waals surface area contributed by atoms with Gasteiger partial charge in [-0.05, 0) is 38.2 Å². The molecule has 0 radical (unpaired) electrons. The topological polar surface area (TPSA) is 33.2 Å². The normalized spacial score (nSPS) is 16.4. The smallest absolute Gasteiger partial charge is 0.398 e. The van der Waals surface area contributed by atoms with E-state index in [1.165, 1.54) is 0 Å². The summed E-state index contributed by atoms with van der Waals surface area (Å²) in [4.78, 5) is 6.32. The van der Waals surface area contributed by atoms with E-state index in [0.29, 0.717) is 11.3 Å². The van der Waals surface area contributed by atoms with Crippen LogP contribution in [-0.2, 0) is 7.05 Å². The molecule has 0 aromatic carbocycles. The van der Waals surface area contributed by atoms with Gasteiger partial charge < -0.3 is 9.23 Å². The van der Waals surface area contributed by atoms with Crippen LogP contribution in [0.2, 0.25) is 0 Å². The van der Waals surface area contributed by atoms with Crippen molar-refractivity contribution in [3.8, 4) is 0 Å². The number of aromatic nitrogens is 2. The second kappa shape index (κ2) is 4.73. The summed E-state index contributed by atoms with van der Waals surface area (Å²) in [5.41, 5.74) is 2.94. The standard InChI is InChI=1S/C17H17BN3O/c1-12-6-7-15(20(2)11-12)18-9-8-14-13-5-4-10-19-16(13)22-17(14)21(18)3/h4-11H,1-3H3/q+1/i1D3. The first kappa shape index (κ1) is 10.2. The number of furan rings is 1. The van der Waals surface area contributed by atoms with Crippen LogP contribution in [0.1, 0.15) is 15.2 Å². The fourth-order valence-corrected chi connectivity index (χ4v) is 3.03. The zero-order valence-corrected chi connectivity index (χ0v) is 12.4. The van der Waals surface area contributed by atoms with Crippen molar-refractivity contribution in [2.75, 3.05) is 11.9 Å². The van der Waals surface area contributed by atoms with Crippen molar-refractivity contribution in [1.29, 1.82) is 0 Å². The Morgan fingerprint density at radius 2 is 2.27 bits per heavy atom. The van der Waals surface area contributed by atoms with E-state index in [1.807, 2.05) is 47.7 Å². The molecule has 4 nitrogen and oxygen atoms in total. The lowest BCUT2D eigenvalue weighted by Gasteiger charge is -2.24. The monoisotopic (exact) mass is 293 g/mol. The molecule has 0 unspecified atom stereocenters. The van der Waals surface area contributed by atoms with Gasteiger partial charge in [-0.2, -0.15) is 0 Å². The molecule has 4 rings (SSSR count). The Balaban J connectivity index is 1.77. The number of fused-ring (bicyclic) bond motifs is 3. The summed E-state index contributed by atoms with van der Waals surface area (Å²) in [5, 5.41) is 0.987. The van der Waals surface area contributed by atoms with E-state index < -0.39 is 6.85 Å². The molecule has 1 aliphatic heterocycles. The molecule has 3 aromatic heterocycles. The first-order valence-electron chi connectivity index (χ1n) is 8.65. The Hall–Kier alpha value is -2.56. The van der Waals surface area contributed by atoms with Gasteiger partial charge in [-0.15, -0.1) is 0 Å². The van der Waals surface area contributed by atoms with Crippen molar-refractivity contribution in [2.24, 2.45) is 7.05 Å². The third-order valence-corrected chi connectivity index (χ3v) is 4.14. The average molecular weight is 293 g/mol. The van der Waals surface area contributed by atoms with Crippen LogP contribution in [-0.4, -0.2) is 18.9 Å². The van der Waals surface area contributed by atoms with Crippen LogP contribution < -0.4 is 15.0 Å². The summed E-state index contributed by atoms with van der Waals surface area (Å²) in [7, 11) is 3.83. The molecule has 3 aromatic rings. The summed E-state index contributed by atoms with van der Waals surface area (Å²) in [6, 6.07) is 7.42. The number of aryl methyl sites for hydroxylation is 2. The van der Waals surface area contributed by atoms with Gasteiger partial charge in [0, 0.05) is 26.8 Å². The summed E-state index contributed by atoms with van der Waals surface area (Å²) in [6.07, 6.45) is 5.43. The van der Waals surface area contributed by atoms with E-state index >= 15 is 0 Å². The minimum atomic E-state index is -2.11. The van der Waals surface area contributed by atoms with Crippen LogP contribution >= 0.6 is 0 Å². The molecule has 0 atom stereocenters. The van der Waals surface area contributed by atoms with E-state index in [-0.39, 0.29) is 6.85 Å². The number of anilines is 1. The van der Waals surface area contributed by atoms with Crippen molar-refractivity contribution < 1.29 is 13.1 Å². The maximum atomic E-state index is 7.56. The largest absolute Gasteiger partial charge is 0.423 e. The lowest BCUT2D eigenvalue weighted by atomic mass is 9.55. The molecular weight excluding hydrogens is 273 g/mol. The Bertz CT molecular complexity index is 996. The zero-order chi connectivity index (χ0) is 17.8. The molecule has 22 heavy (non-hydrogen) atoms. The van der Waals surface area contributed by atoms with Gasteiger partial charge >= 0.3 is 6.85 Å². The molecule has 0 N–H and O–H groups in total. The minimum absolute atomic E-state index is 0.0521. The highest BCUT2D eigenvalue weighted by atomic mass is 16.4. The third kappa shape index (κ3) is 1.85. The molecule has 0 saturated heterocycles. The first-order valence-corrected chi connectivity index (χ1v) is 7.15. The van der Waals surface area contributed by atoms with Crippen molar-refractivity contribution in [1.82, 2.24) is 4.98 Å². The lowest BCUT2D eigenvalue weighted by molar-refractivity contribution is -0.654. The predicted molar refractivity (Wildman–Crippen MR) is 89.2 cm³/mol. The van der Waals surface area contributed by atoms with Gasteiger partial charge in [0.15, 0.2) is 17.7 Å². The fraction of sp³-hybridized carbons (Fsp3) is 0.176. The van der Waals surface area contributed by atoms with E-state index in [9.17, 15) is 0 Å². The van der Waals surface area contributed by atoms with Gasteiger partial charge in [0.1, 0.15) is 7.05 Å². The van der Waals surface area contributed by atoms with Gasteiger partial charge in [-0.1, -0.05) is 12.1 Å². The predicted octanol–water partition coefficient (Wildman–Crippen LogP) is 1.86. The summed E-state index contributed by atoms with van der Waals surface area (Å²) in [6.45, 7) is -2.16. The van der Waals surface area contributed by atoms with Gasteiger partial charge in [0.2, 0.25) is 5.71 Å². The second-order valence-corrected chi connectivity index (χ2v) is 5.55. The molecule has 5 heteroatoms. The Kier molecular flexibility index (Phi) is 2.20. The van der Waals surface area contributed by atoms with Gasteiger partial charge in [-0.3, -0.25) is 0 Å². The molecule has 4 heterocycles. The van der Waals surface area contributed by atoms with Crippen LogP contribution in [0.4, 0.5) is 5.88 Å². The quantitative estimate of drug-likeness (QED) is 0.507. The fourth-order valence-electron chi connectivity index (χ4n) is 3.03. The van der Waals surface area contributed by atoms with Crippen molar-refractivity contribution in [2.45, 2.75) is 6.85 Å². The van der Waals surface area contributed by atoms with Crippen LogP contribution in [0.5, 0.6) is 0 Å². The van der Waals surface area contributed by atoms with E-state index in [2.05, 4.69) is 11.0 Å². The van der Waals surface area contributed by atoms with E-state index in [0.717, 1.165) is 22.4 Å². The maximum Gasteiger partial charge on any atom is 0.398 e. The maximum absolute atomic E-state index is 7.56. The zero-order valence-electron chi connectivity index (χ0n) is 15.4. The van der Waals surface area contributed by atoms with E-state index in [4.69, 9.17) is 8.53 Å². The third-order valence-electron chi connectivity index (χ3n) is 4.14.